The lowest BCUT2D eigenvalue weighted by Crippen LogP contribution is -2.16. The Morgan fingerprint density at radius 1 is 1.13 bits per heavy atom. The minimum absolute atomic E-state index is 0. The van der Waals surface area contributed by atoms with Gasteiger partial charge in [-0.1, -0.05) is 25.8 Å². The number of halogens is 1. The summed E-state index contributed by atoms with van der Waals surface area (Å²) in [5.74, 6) is 2.03. The van der Waals surface area contributed by atoms with Gasteiger partial charge in [0.15, 0.2) is 5.65 Å². The lowest BCUT2D eigenvalue weighted by molar-refractivity contribution is 0.414. The fourth-order valence-electron chi connectivity index (χ4n) is 4.42. The average Bonchev–Trinajstić information content (AvgIpc) is 3.05. The largest absolute Gasteiger partial charge is 0.497 e. The Hall–Kier alpha value is -2.27. The van der Waals surface area contributed by atoms with E-state index in [-0.39, 0.29) is 12.4 Å². The molecule has 0 radical (unpaired) electrons. The molecule has 1 aliphatic carbocycles. The molecule has 0 fully saturated rings. The van der Waals surface area contributed by atoms with Gasteiger partial charge in [0.25, 0.3) is 0 Å². The number of nitrogens with one attached hydrogen (secondary N) is 1. The topological polar surface area (TPSA) is 51.5 Å². The van der Waals surface area contributed by atoms with Gasteiger partial charge in [0.05, 0.1) is 12.8 Å². The Bertz CT molecular complexity index is 1030. The number of anilines is 1. The van der Waals surface area contributed by atoms with E-state index in [1.54, 1.807) is 7.11 Å². The van der Waals surface area contributed by atoms with E-state index in [1.807, 2.05) is 6.07 Å². The summed E-state index contributed by atoms with van der Waals surface area (Å²) in [6.07, 6.45) is 8.25. The maximum absolute atomic E-state index is 5.40. The number of aromatic nitrogens is 3. The van der Waals surface area contributed by atoms with Gasteiger partial charge in [0.2, 0.25) is 0 Å². The van der Waals surface area contributed by atoms with Crippen LogP contribution in [0.5, 0.6) is 5.75 Å². The van der Waals surface area contributed by atoms with E-state index in [4.69, 9.17) is 14.8 Å². The standard InChI is InChI=1S/C24H32N4O.ClH/c1-5-6-9-14-25-23-20-10-7-8-11-21(20)26-24-22(17(3)27-28(23)24)19-13-12-18(29-4)15-16(19)2;/h12-13,15,25H,5-11,14H2,1-4H3;1H. The Kier molecular flexibility index (Phi) is 7.24. The molecule has 0 amide bonds. The van der Waals surface area contributed by atoms with Gasteiger partial charge in [0, 0.05) is 23.4 Å². The number of rotatable bonds is 7. The van der Waals surface area contributed by atoms with Gasteiger partial charge in [-0.25, -0.2) is 4.98 Å². The zero-order valence-corrected chi connectivity index (χ0v) is 19.4. The lowest BCUT2D eigenvalue weighted by Gasteiger charge is -2.21. The van der Waals surface area contributed by atoms with Crippen LogP contribution in [0.4, 0.5) is 5.82 Å². The third kappa shape index (κ3) is 4.13. The number of unbranched alkanes of at least 4 members (excludes halogenated alkanes) is 2. The summed E-state index contributed by atoms with van der Waals surface area (Å²) >= 11 is 0. The molecule has 2 aromatic heterocycles. The fourth-order valence-corrected chi connectivity index (χ4v) is 4.42. The number of ether oxygens (including phenoxy) is 1. The highest BCUT2D eigenvalue weighted by Gasteiger charge is 2.23. The van der Waals surface area contributed by atoms with Crippen LogP contribution in [-0.2, 0) is 12.8 Å². The monoisotopic (exact) mass is 428 g/mol. The van der Waals surface area contributed by atoms with E-state index in [0.29, 0.717) is 0 Å². The SMILES string of the molecule is CCCCCNc1c2c(nc3c(-c4ccc(OC)cc4C)c(C)nn13)CCCC2.Cl. The number of methoxy groups -OCH3 is 1. The molecule has 2 heterocycles. The van der Waals surface area contributed by atoms with Crippen LogP contribution in [0.2, 0.25) is 0 Å². The summed E-state index contributed by atoms with van der Waals surface area (Å²) in [6.45, 7) is 7.44. The number of aryl methyl sites for hydroxylation is 3. The van der Waals surface area contributed by atoms with E-state index < -0.39 is 0 Å². The predicted molar refractivity (Wildman–Crippen MR) is 126 cm³/mol. The van der Waals surface area contributed by atoms with E-state index in [2.05, 4.69) is 42.7 Å². The van der Waals surface area contributed by atoms with Crippen LogP contribution in [-0.4, -0.2) is 28.3 Å². The van der Waals surface area contributed by atoms with Crippen LogP contribution in [0, 0.1) is 13.8 Å². The van der Waals surface area contributed by atoms with Crippen molar-refractivity contribution >= 4 is 23.9 Å². The van der Waals surface area contributed by atoms with Crippen molar-refractivity contribution in [1.29, 1.82) is 0 Å². The molecule has 5 nitrogen and oxygen atoms in total. The molecule has 0 bridgehead atoms. The number of hydrogen-bond donors (Lipinski definition) is 1. The molecule has 0 saturated carbocycles. The summed E-state index contributed by atoms with van der Waals surface area (Å²) < 4.78 is 7.46. The summed E-state index contributed by atoms with van der Waals surface area (Å²) in [7, 11) is 1.71. The molecule has 6 heteroatoms. The minimum Gasteiger partial charge on any atom is -0.497 e. The zero-order chi connectivity index (χ0) is 20.4. The Morgan fingerprint density at radius 3 is 2.67 bits per heavy atom. The van der Waals surface area contributed by atoms with E-state index in [1.165, 1.54) is 54.5 Å². The maximum atomic E-state index is 5.40. The van der Waals surface area contributed by atoms with Gasteiger partial charge in [-0.15, -0.1) is 12.4 Å². The zero-order valence-electron chi connectivity index (χ0n) is 18.5. The molecule has 1 N–H and O–H groups in total. The van der Waals surface area contributed by atoms with Gasteiger partial charge in [0.1, 0.15) is 11.6 Å². The second-order valence-corrected chi connectivity index (χ2v) is 8.10. The summed E-state index contributed by atoms with van der Waals surface area (Å²) in [5, 5.41) is 8.66. The second kappa shape index (κ2) is 9.69. The highest BCUT2D eigenvalue weighted by Crippen LogP contribution is 2.36. The number of fused-ring (bicyclic) bond motifs is 2. The molecule has 30 heavy (non-hydrogen) atoms. The van der Waals surface area contributed by atoms with Crippen molar-refractivity contribution in [2.45, 2.75) is 65.7 Å². The molecule has 1 aliphatic rings. The first-order valence-corrected chi connectivity index (χ1v) is 10.9. The van der Waals surface area contributed by atoms with Gasteiger partial charge < -0.3 is 10.1 Å². The Labute approximate surface area is 185 Å². The van der Waals surface area contributed by atoms with E-state index in [0.717, 1.165) is 47.9 Å². The highest BCUT2D eigenvalue weighted by molar-refractivity contribution is 5.85. The minimum atomic E-state index is 0. The van der Waals surface area contributed by atoms with Crippen molar-refractivity contribution < 1.29 is 4.74 Å². The Morgan fingerprint density at radius 2 is 1.93 bits per heavy atom. The van der Waals surface area contributed by atoms with Gasteiger partial charge in [-0.3, -0.25) is 0 Å². The smallest absolute Gasteiger partial charge is 0.165 e. The number of hydrogen-bond acceptors (Lipinski definition) is 4. The number of nitrogens with zero attached hydrogens (tertiary/aromatic N) is 3. The van der Waals surface area contributed by atoms with Crippen LogP contribution >= 0.6 is 12.4 Å². The molecule has 1 aromatic carbocycles. The molecule has 0 unspecified atom stereocenters. The van der Waals surface area contributed by atoms with E-state index in [9.17, 15) is 0 Å². The number of benzene rings is 1. The first-order valence-electron chi connectivity index (χ1n) is 10.9. The van der Waals surface area contributed by atoms with Gasteiger partial charge >= 0.3 is 0 Å². The molecule has 0 atom stereocenters. The van der Waals surface area contributed by atoms with Crippen molar-refractivity contribution in [2.75, 3.05) is 19.0 Å². The van der Waals surface area contributed by atoms with Crippen molar-refractivity contribution in [3.8, 4) is 16.9 Å². The van der Waals surface area contributed by atoms with Crippen molar-refractivity contribution in [2.24, 2.45) is 0 Å². The van der Waals surface area contributed by atoms with Gasteiger partial charge in [-0.05, 0) is 69.2 Å². The van der Waals surface area contributed by atoms with Crippen molar-refractivity contribution in [3.05, 3.63) is 40.7 Å². The molecule has 4 rings (SSSR count). The molecular weight excluding hydrogens is 396 g/mol. The predicted octanol–water partition coefficient (Wildman–Crippen LogP) is 5.92. The molecule has 162 valence electrons. The van der Waals surface area contributed by atoms with Crippen molar-refractivity contribution in [1.82, 2.24) is 14.6 Å². The first kappa shape index (κ1) is 22.4. The summed E-state index contributed by atoms with van der Waals surface area (Å²) in [6, 6.07) is 6.24. The quantitative estimate of drug-likeness (QED) is 0.474. The molecule has 0 aliphatic heterocycles. The molecule has 0 spiro atoms. The van der Waals surface area contributed by atoms with Crippen LogP contribution in [0.1, 0.15) is 61.5 Å². The third-order valence-electron chi connectivity index (χ3n) is 5.99. The molecular formula is C24H33ClN4O. The highest BCUT2D eigenvalue weighted by atomic mass is 35.5. The van der Waals surface area contributed by atoms with E-state index >= 15 is 0 Å². The van der Waals surface area contributed by atoms with Crippen LogP contribution < -0.4 is 10.1 Å². The lowest BCUT2D eigenvalue weighted by atomic mass is 9.95. The van der Waals surface area contributed by atoms with Crippen LogP contribution in [0.25, 0.3) is 16.8 Å². The van der Waals surface area contributed by atoms with Crippen LogP contribution in [0.3, 0.4) is 0 Å². The average molecular weight is 429 g/mol. The summed E-state index contributed by atoms with van der Waals surface area (Å²) in [4.78, 5) is 5.13. The second-order valence-electron chi connectivity index (χ2n) is 8.10. The summed E-state index contributed by atoms with van der Waals surface area (Å²) in [5.41, 5.74) is 8.09. The van der Waals surface area contributed by atoms with Crippen molar-refractivity contribution in [3.63, 3.8) is 0 Å². The first-order chi connectivity index (χ1) is 14.1. The fraction of sp³-hybridized carbons (Fsp3) is 0.500. The Balaban J connectivity index is 0.00000256. The normalized spacial score (nSPS) is 13.1. The molecule has 0 saturated heterocycles. The molecule has 3 aromatic rings. The van der Waals surface area contributed by atoms with Gasteiger partial charge in [-0.2, -0.15) is 9.61 Å². The third-order valence-corrected chi connectivity index (χ3v) is 5.99. The maximum Gasteiger partial charge on any atom is 0.165 e. The van der Waals surface area contributed by atoms with Crippen LogP contribution in [0.15, 0.2) is 18.2 Å².